The van der Waals surface area contributed by atoms with Crippen molar-refractivity contribution in [1.82, 2.24) is 5.32 Å². The summed E-state index contributed by atoms with van der Waals surface area (Å²) in [4.78, 5) is 12.2. The molecule has 21 heavy (non-hydrogen) atoms. The Bertz CT molecular complexity index is 621. The zero-order valence-electron chi connectivity index (χ0n) is 12.6. The molecule has 1 aromatic rings. The molecule has 1 atom stereocenters. The van der Waals surface area contributed by atoms with Gasteiger partial charge in [0.1, 0.15) is 0 Å². The predicted octanol–water partition coefficient (Wildman–Crippen LogP) is 2.37. The van der Waals surface area contributed by atoms with Crippen molar-refractivity contribution in [3.8, 4) is 0 Å². The molecule has 0 aliphatic heterocycles. The summed E-state index contributed by atoms with van der Waals surface area (Å²) in [6.45, 7) is 4.43. The van der Waals surface area contributed by atoms with Gasteiger partial charge < -0.3 is 5.32 Å². The molecule has 2 N–H and O–H groups in total. The van der Waals surface area contributed by atoms with Crippen LogP contribution in [0.15, 0.2) is 24.3 Å². The number of benzene rings is 1. The summed E-state index contributed by atoms with van der Waals surface area (Å²) in [5.74, 6) is -0.108. The lowest BCUT2D eigenvalue weighted by Gasteiger charge is -2.18. The molecule has 116 valence electrons. The molecular weight excluding hydrogens is 288 g/mol. The van der Waals surface area contributed by atoms with E-state index in [0.717, 1.165) is 25.5 Å². The van der Waals surface area contributed by atoms with Gasteiger partial charge in [0.05, 0.1) is 6.26 Å². The molecule has 1 aliphatic rings. The van der Waals surface area contributed by atoms with Crippen LogP contribution in [0.1, 0.15) is 43.5 Å². The molecule has 2 rings (SSSR count). The summed E-state index contributed by atoms with van der Waals surface area (Å²) in [6, 6.07) is 6.66. The summed E-state index contributed by atoms with van der Waals surface area (Å²) in [7, 11) is -3.29. The smallest absolute Gasteiger partial charge is 0.251 e. The molecule has 1 fully saturated rings. The second kappa shape index (κ2) is 5.67. The van der Waals surface area contributed by atoms with Crippen molar-refractivity contribution >= 4 is 21.6 Å². The quantitative estimate of drug-likeness (QED) is 0.896. The predicted molar refractivity (Wildman–Crippen MR) is 83.8 cm³/mol. The average molecular weight is 310 g/mol. The van der Waals surface area contributed by atoms with E-state index in [9.17, 15) is 13.2 Å². The maximum absolute atomic E-state index is 12.2. The van der Waals surface area contributed by atoms with Crippen molar-refractivity contribution in [2.45, 2.75) is 39.2 Å². The first-order valence-electron chi connectivity index (χ1n) is 7.03. The fraction of sp³-hybridized carbons (Fsp3) is 0.533. The van der Waals surface area contributed by atoms with Crippen molar-refractivity contribution in [1.29, 1.82) is 0 Å². The van der Waals surface area contributed by atoms with Crippen LogP contribution in [0.4, 0.5) is 5.69 Å². The van der Waals surface area contributed by atoms with Crippen LogP contribution in [-0.4, -0.2) is 26.6 Å². The third kappa shape index (κ3) is 4.74. The van der Waals surface area contributed by atoms with E-state index in [2.05, 4.69) is 23.9 Å². The van der Waals surface area contributed by atoms with Crippen LogP contribution in [0.3, 0.4) is 0 Å². The topological polar surface area (TPSA) is 75.3 Å². The molecule has 0 saturated heterocycles. The van der Waals surface area contributed by atoms with Gasteiger partial charge in [0.2, 0.25) is 10.0 Å². The van der Waals surface area contributed by atoms with E-state index >= 15 is 0 Å². The van der Waals surface area contributed by atoms with Crippen LogP contribution in [0.2, 0.25) is 0 Å². The first-order chi connectivity index (χ1) is 9.65. The summed E-state index contributed by atoms with van der Waals surface area (Å²) in [5, 5.41) is 3.04. The fourth-order valence-electron chi connectivity index (χ4n) is 2.73. The molecule has 0 spiro atoms. The number of carbonyl (C=O) groups is 1. The lowest BCUT2D eigenvalue weighted by atomic mass is 9.92. The number of amides is 1. The highest BCUT2D eigenvalue weighted by atomic mass is 32.2. The molecule has 1 amide bonds. The third-order valence-electron chi connectivity index (χ3n) is 3.75. The molecule has 0 bridgehead atoms. The number of sulfonamides is 1. The summed E-state index contributed by atoms with van der Waals surface area (Å²) in [6.07, 6.45) is 4.21. The second-order valence-electron chi connectivity index (χ2n) is 6.53. The Kier molecular flexibility index (Phi) is 4.27. The zero-order chi connectivity index (χ0) is 15.7. The second-order valence-corrected chi connectivity index (χ2v) is 8.28. The first-order valence-corrected chi connectivity index (χ1v) is 8.92. The third-order valence-corrected chi connectivity index (χ3v) is 4.36. The number of anilines is 1. The van der Waals surface area contributed by atoms with Crippen LogP contribution in [0.25, 0.3) is 0 Å². The van der Waals surface area contributed by atoms with Gasteiger partial charge in [-0.15, -0.1) is 0 Å². The van der Waals surface area contributed by atoms with Crippen molar-refractivity contribution in [2.75, 3.05) is 11.0 Å². The van der Waals surface area contributed by atoms with Gasteiger partial charge in [0, 0.05) is 17.3 Å². The molecule has 1 saturated carbocycles. The van der Waals surface area contributed by atoms with E-state index < -0.39 is 10.0 Å². The minimum absolute atomic E-state index is 0.108. The monoisotopic (exact) mass is 310 g/mol. The van der Waals surface area contributed by atoms with Crippen molar-refractivity contribution in [3.63, 3.8) is 0 Å². The van der Waals surface area contributed by atoms with Gasteiger partial charge in [-0.2, -0.15) is 0 Å². The minimum Gasteiger partial charge on any atom is -0.349 e. The highest BCUT2D eigenvalue weighted by molar-refractivity contribution is 7.92. The van der Waals surface area contributed by atoms with Crippen LogP contribution < -0.4 is 10.0 Å². The maximum atomic E-state index is 12.2. The van der Waals surface area contributed by atoms with Crippen LogP contribution >= 0.6 is 0 Å². The molecule has 5 nitrogen and oxygen atoms in total. The van der Waals surface area contributed by atoms with Gasteiger partial charge in [-0.1, -0.05) is 13.8 Å². The molecule has 1 aromatic carbocycles. The average Bonchev–Trinajstić information content (AvgIpc) is 2.67. The molecule has 0 radical (unpaired) electrons. The van der Waals surface area contributed by atoms with Crippen LogP contribution in [0.5, 0.6) is 0 Å². The first kappa shape index (κ1) is 15.8. The Morgan fingerprint density at radius 1 is 1.24 bits per heavy atom. The molecule has 1 aliphatic carbocycles. The van der Waals surface area contributed by atoms with Gasteiger partial charge in [-0.25, -0.2) is 8.42 Å². The number of nitrogens with one attached hydrogen (secondary N) is 2. The van der Waals surface area contributed by atoms with E-state index in [0.29, 0.717) is 16.7 Å². The Morgan fingerprint density at radius 2 is 1.86 bits per heavy atom. The van der Waals surface area contributed by atoms with E-state index in [4.69, 9.17) is 0 Å². The molecule has 0 aromatic heterocycles. The van der Waals surface area contributed by atoms with E-state index in [-0.39, 0.29) is 11.9 Å². The van der Waals surface area contributed by atoms with Gasteiger partial charge in [-0.05, 0) is 48.9 Å². The molecule has 6 heteroatoms. The maximum Gasteiger partial charge on any atom is 0.251 e. The highest BCUT2D eigenvalue weighted by Crippen LogP contribution is 2.36. The van der Waals surface area contributed by atoms with Gasteiger partial charge in [0.25, 0.3) is 5.91 Å². The lowest BCUT2D eigenvalue weighted by Crippen LogP contribution is -2.33. The standard InChI is InChI=1S/C15H22N2O3S/c1-15(2)9-8-13(10-15)16-14(18)11-4-6-12(7-5-11)17-21(3,19)20/h4-7,13,17H,8-10H2,1-3H3,(H,16,18). The van der Waals surface area contributed by atoms with Gasteiger partial charge >= 0.3 is 0 Å². The number of hydrogen-bond donors (Lipinski definition) is 2. The van der Waals surface area contributed by atoms with E-state index in [1.54, 1.807) is 24.3 Å². The number of hydrogen-bond acceptors (Lipinski definition) is 3. The van der Waals surface area contributed by atoms with Crippen molar-refractivity contribution in [3.05, 3.63) is 29.8 Å². The Hall–Kier alpha value is -1.56. The van der Waals surface area contributed by atoms with Crippen LogP contribution in [-0.2, 0) is 10.0 Å². The summed E-state index contributed by atoms with van der Waals surface area (Å²) < 4.78 is 24.6. The number of rotatable bonds is 4. The Morgan fingerprint density at radius 3 is 2.33 bits per heavy atom. The molecule has 0 heterocycles. The van der Waals surface area contributed by atoms with Crippen molar-refractivity contribution < 1.29 is 13.2 Å². The normalized spacial score (nSPS) is 21.0. The van der Waals surface area contributed by atoms with Crippen LogP contribution in [0, 0.1) is 5.41 Å². The fourth-order valence-corrected chi connectivity index (χ4v) is 3.30. The SMILES string of the molecule is CC1(C)CCC(NC(=O)c2ccc(NS(C)(=O)=O)cc2)C1. The highest BCUT2D eigenvalue weighted by Gasteiger charge is 2.31. The van der Waals surface area contributed by atoms with E-state index in [1.807, 2.05) is 0 Å². The molecule has 1 unspecified atom stereocenters. The summed E-state index contributed by atoms with van der Waals surface area (Å²) >= 11 is 0. The van der Waals surface area contributed by atoms with Gasteiger partial charge in [-0.3, -0.25) is 9.52 Å². The molecular formula is C15H22N2O3S. The Balaban J connectivity index is 1.97. The van der Waals surface area contributed by atoms with Gasteiger partial charge in [0.15, 0.2) is 0 Å². The largest absolute Gasteiger partial charge is 0.349 e. The lowest BCUT2D eigenvalue weighted by molar-refractivity contribution is 0.0936. The number of carbonyl (C=O) groups excluding carboxylic acids is 1. The summed E-state index contributed by atoms with van der Waals surface area (Å²) in [5.41, 5.74) is 1.29. The van der Waals surface area contributed by atoms with Crippen molar-refractivity contribution in [2.24, 2.45) is 5.41 Å². The van der Waals surface area contributed by atoms with E-state index in [1.165, 1.54) is 0 Å². The minimum atomic E-state index is -3.29. The Labute approximate surface area is 126 Å². The zero-order valence-corrected chi connectivity index (χ0v) is 13.5.